The highest BCUT2D eigenvalue weighted by Gasteiger charge is 2.21. The largest absolute Gasteiger partial charge is 0.398 e. The fourth-order valence-corrected chi connectivity index (χ4v) is 2.62. The van der Waals surface area contributed by atoms with E-state index in [1.54, 1.807) is 6.92 Å². The van der Waals surface area contributed by atoms with Gasteiger partial charge in [-0.1, -0.05) is 6.42 Å². The summed E-state index contributed by atoms with van der Waals surface area (Å²) in [4.78, 5) is 12.0. The molecule has 1 amide bonds. The Morgan fingerprint density at radius 3 is 2.90 bits per heavy atom. The minimum absolute atomic E-state index is 0.238. The van der Waals surface area contributed by atoms with Crippen LogP contribution in [0.25, 0.3) is 0 Å². The number of rotatable bonds is 3. The molecule has 1 aromatic carbocycles. The van der Waals surface area contributed by atoms with Crippen molar-refractivity contribution < 1.29 is 14.3 Å². The van der Waals surface area contributed by atoms with Crippen molar-refractivity contribution in [3.63, 3.8) is 0 Å². The van der Waals surface area contributed by atoms with E-state index in [9.17, 15) is 14.3 Å². The van der Waals surface area contributed by atoms with Crippen molar-refractivity contribution in [3.05, 3.63) is 29.1 Å². The highest BCUT2D eigenvalue weighted by molar-refractivity contribution is 5.95. The number of nitrogens with two attached hydrogens (primary N) is 1. The zero-order chi connectivity index (χ0) is 14.7. The summed E-state index contributed by atoms with van der Waals surface area (Å²) in [5.74, 6) is -0.505. The van der Waals surface area contributed by atoms with E-state index in [0.717, 1.165) is 19.3 Å². The molecule has 1 aliphatic carbocycles. The fraction of sp³-hybridized carbons (Fsp3) is 0.533. The molecule has 4 nitrogen and oxygen atoms in total. The molecule has 4 N–H and O–H groups in total. The van der Waals surface area contributed by atoms with Crippen LogP contribution in [-0.4, -0.2) is 23.7 Å². The number of hydrogen-bond donors (Lipinski definition) is 3. The zero-order valence-electron chi connectivity index (χ0n) is 11.7. The molecule has 20 heavy (non-hydrogen) atoms. The second-order valence-electron chi connectivity index (χ2n) is 5.57. The maximum Gasteiger partial charge on any atom is 0.251 e. The number of anilines is 1. The number of halogens is 1. The molecule has 0 spiro atoms. The van der Waals surface area contributed by atoms with Gasteiger partial charge in [0, 0.05) is 23.4 Å². The number of aliphatic hydroxyl groups excluding tert-OH is 1. The van der Waals surface area contributed by atoms with E-state index in [1.165, 1.54) is 12.1 Å². The second kappa shape index (κ2) is 6.22. The summed E-state index contributed by atoms with van der Waals surface area (Å²) in [6.45, 7) is 2.08. The van der Waals surface area contributed by atoms with Gasteiger partial charge in [-0.25, -0.2) is 4.39 Å². The minimum atomic E-state index is -0.469. The third-order valence-electron chi connectivity index (χ3n) is 3.95. The standard InChI is InChI=1S/C15H21FN2O2/c1-9-13(16)6-11(7-14(9)17)15(20)18-8-10-3-2-4-12(19)5-10/h6-7,10,12,19H,2-5,8,17H2,1H3,(H,18,20). The molecular weight excluding hydrogens is 259 g/mol. The van der Waals surface area contributed by atoms with Crippen molar-refractivity contribution in [2.24, 2.45) is 5.92 Å². The van der Waals surface area contributed by atoms with E-state index in [2.05, 4.69) is 5.32 Å². The third-order valence-corrected chi connectivity index (χ3v) is 3.95. The van der Waals surface area contributed by atoms with Gasteiger partial charge in [0.05, 0.1) is 6.10 Å². The Balaban J connectivity index is 1.95. The van der Waals surface area contributed by atoms with Crippen molar-refractivity contribution in [1.82, 2.24) is 5.32 Å². The van der Waals surface area contributed by atoms with Crippen LogP contribution in [0.15, 0.2) is 12.1 Å². The van der Waals surface area contributed by atoms with Crippen LogP contribution < -0.4 is 11.1 Å². The number of benzene rings is 1. The Kier molecular flexibility index (Phi) is 4.60. The summed E-state index contributed by atoms with van der Waals surface area (Å²) in [5.41, 5.74) is 6.54. The van der Waals surface area contributed by atoms with E-state index in [0.29, 0.717) is 18.5 Å². The van der Waals surface area contributed by atoms with Crippen LogP contribution in [0.1, 0.15) is 41.6 Å². The first-order chi connectivity index (χ1) is 9.47. The van der Waals surface area contributed by atoms with Gasteiger partial charge >= 0.3 is 0 Å². The third kappa shape index (κ3) is 3.48. The Morgan fingerprint density at radius 1 is 1.50 bits per heavy atom. The van der Waals surface area contributed by atoms with E-state index in [4.69, 9.17) is 5.73 Å². The first-order valence-corrected chi connectivity index (χ1v) is 6.99. The van der Waals surface area contributed by atoms with Crippen LogP contribution in [0.4, 0.5) is 10.1 Å². The highest BCUT2D eigenvalue weighted by atomic mass is 19.1. The van der Waals surface area contributed by atoms with Crippen LogP contribution in [0.2, 0.25) is 0 Å². The Labute approximate surface area is 118 Å². The molecule has 2 atom stereocenters. The molecule has 1 aromatic rings. The predicted molar refractivity (Wildman–Crippen MR) is 75.8 cm³/mol. The number of aliphatic hydroxyl groups is 1. The summed E-state index contributed by atoms with van der Waals surface area (Å²) < 4.78 is 13.6. The number of nitrogens with one attached hydrogen (secondary N) is 1. The van der Waals surface area contributed by atoms with Crippen LogP contribution in [-0.2, 0) is 0 Å². The summed E-state index contributed by atoms with van der Waals surface area (Å²) in [5, 5.41) is 12.4. The summed E-state index contributed by atoms with van der Waals surface area (Å²) >= 11 is 0. The maximum atomic E-state index is 13.6. The number of carbonyl (C=O) groups excluding carboxylic acids is 1. The predicted octanol–water partition coefficient (Wildman–Crippen LogP) is 2.00. The van der Waals surface area contributed by atoms with Gasteiger partial charge in [-0.2, -0.15) is 0 Å². The topological polar surface area (TPSA) is 75.4 Å². The van der Waals surface area contributed by atoms with Crippen LogP contribution in [0.3, 0.4) is 0 Å². The van der Waals surface area contributed by atoms with E-state index < -0.39 is 5.82 Å². The number of amides is 1. The van der Waals surface area contributed by atoms with Gasteiger partial charge in [0.25, 0.3) is 5.91 Å². The Hall–Kier alpha value is -1.62. The molecule has 0 heterocycles. The van der Waals surface area contributed by atoms with E-state index >= 15 is 0 Å². The first kappa shape index (κ1) is 14.8. The van der Waals surface area contributed by atoms with E-state index in [1.807, 2.05) is 0 Å². The van der Waals surface area contributed by atoms with Gasteiger partial charge in [0.15, 0.2) is 0 Å². The second-order valence-corrected chi connectivity index (χ2v) is 5.57. The molecule has 0 saturated heterocycles. The molecule has 1 aliphatic rings. The van der Waals surface area contributed by atoms with Gasteiger partial charge in [0.2, 0.25) is 0 Å². The van der Waals surface area contributed by atoms with Crippen LogP contribution >= 0.6 is 0 Å². The maximum absolute atomic E-state index is 13.6. The number of hydrogen-bond acceptors (Lipinski definition) is 3. The summed E-state index contributed by atoms with van der Waals surface area (Å²) in [6, 6.07) is 2.69. The molecule has 1 fully saturated rings. The Morgan fingerprint density at radius 2 is 2.25 bits per heavy atom. The molecule has 2 rings (SSSR count). The monoisotopic (exact) mass is 280 g/mol. The quantitative estimate of drug-likeness (QED) is 0.741. The molecule has 0 aliphatic heterocycles. The molecule has 5 heteroatoms. The van der Waals surface area contributed by atoms with Crippen molar-refractivity contribution in [2.45, 2.75) is 38.7 Å². The minimum Gasteiger partial charge on any atom is -0.398 e. The first-order valence-electron chi connectivity index (χ1n) is 6.99. The fourth-order valence-electron chi connectivity index (χ4n) is 2.62. The zero-order valence-corrected chi connectivity index (χ0v) is 11.7. The molecule has 0 bridgehead atoms. The molecule has 1 saturated carbocycles. The Bertz CT molecular complexity index is 482. The van der Waals surface area contributed by atoms with Gasteiger partial charge in [-0.05, 0) is 44.2 Å². The molecular formula is C15H21FN2O2. The lowest BCUT2D eigenvalue weighted by Gasteiger charge is -2.25. The lowest BCUT2D eigenvalue weighted by molar-refractivity contribution is 0.0873. The lowest BCUT2D eigenvalue weighted by Crippen LogP contribution is -2.33. The normalized spacial score (nSPS) is 22.6. The van der Waals surface area contributed by atoms with Crippen LogP contribution in [0.5, 0.6) is 0 Å². The number of carbonyl (C=O) groups is 1. The van der Waals surface area contributed by atoms with Gasteiger partial charge < -0.3 is 16.2 Å². The van der Waals surface area contributed by atoms with Crippen molar-refractivity contribution in [2.75, 3.05) is 12.3 Å². The van der Waals surface area contributed by atoms with Crippen molar-refractivity contribution in [1.29, 1.82) is 0 Å². The average molecular weight is 280 g/mol. The highest BCUT2D eigenvalue weighted by Crippen LogP contribution is 2.23. The summed E-state index contributed by atoms with van der Waals surface area (Å²) in [7, 11) is 0. The van der Waals surface area contributed by atoms with Gasteiger partial charge in [0.1, 0.15) is 5.82 Å². The van der Waals surface area contributed by atoms with Gasteiger partial charge in [-0.15, -0.1) is 0 Å². The smallest absolute Gasteiger partial charge is 0.251 e. The van der Waals surface area contributed by atoms with Crippen molar-refractivity contribution >= 4 is 11.6 Å². The molecule has 0 radical (unpaired) electrons. The molecule has 0 aromatic heterocycles. The molecule has 110 valence electrons. The number of nitrogen functional groups attached to an aromatic ring is 1. The van der Waals surface area contributed by atoms with Gasteiger partial charge in [-0.3, -0.25) is 4.79 Å². The van der Waals surface area contributed by atoms with Crippen molar-refractivity contribution in [3.8, 4) is 0 Å². The SMILES string of the molecule is Cc1c(N)cc(C(=O)NCC2CCCC(O)C2)cc1F. The molecule has 2 unspecified atom stereocenters. The average Bonchev–Trinajstić information content (AvgIpc) is 2.41. The lowest BCUT2D eigenvalue weighted by atomic mass is 9.87. The summed E-state index contributed by atoms with van der Waals surface area (Å²) in [6.07, 6.45) is 3.27. The van der Waals surface area contributed by atoms with E-state index in [-0.39, 0.29) is 29.2 Å². The van der Waals surface area contributed by atoms with Crippen LogP contribution in [0, 0.1) is 18.7 Å².